The van der Waals surface area contributed by atoms with Gasteiger partial charge >= 0.3 is 0 Å². The summed E-state index contributed by atoms with van der Waals surface area (Å²) in [7, 11) is 0. The van der Waals surface area contributed by atoms with Crippen LogP contribution >= 0.6 is 0 Å². The molecule has 1 unspecified atom stereocenters. The van der Waals surface area contributed by atoms with Gasteiger partial charge in [-0.05, 0) is 68.3 Å². The zero-order valence-electron chi connectivity index (χ0n) is 19.2. The lowest BCUT2D eigenvalue weighted by Gasteiger charge is -2.19. The molecule has 2 heterocycles. The number of nitrogens with zero attached hydrogens (tertiary/aromatic N) is 1. The van der Waals surface area contributed by atoms with E-state index in [1.165, 1.54) is 0 Å². The highest BCUT2D eigenvalue weighted by Crippen LogP contribution is 2.23. The van der Waals surface area contributed by atoms with E-state index in [0.717, 1.165) is 22.2 Å². The number of pyridine rings is 1. The van der Waals surface area contributed by atoms with Crippen LogP contribution < -0.4 is 10.1 Å². The van der Waals surface area contributed by atoms with Crippen molar-refractivity contribution in [1.82, 2.24) is 15.3 Å². The standard InChI is InChI=1S/C28H27N3O3/c1-19(2)34-26-13-12-21(11-10-20-7-4-3-5-8-20)15-25(26)28(33)31-23(18-32)16-22-17-30-27-24(22)9-6-14-29-27/h3-9,12-15,17,19,23,32H,16,18H2,1-2H3,(H,29,30)(H,31,33). The third kappa shape index (κ3) is 5.64. The monoisotopic (exact) mass is 453 g/mol. The molecule has 34 heavy (non-hydrogen) atoms. The Morgan fingerprint density at radius 2 is 1.88 bits per heavy atom. The molecule has 1 amide bonds. The van der Waals surface area contributed by atoms with E-state index in [9.17, 15) is 9.90 Å². The Balaban J connectivity index is 1.57. The maximum absolute atomic E-state index is 13.3. The van der Waals surface area contributed by atoms with Crippen LogP contribution in [0.25, 0.3) is 11.0 Å². The highest BCUT2D eigenvalue weighted by atomic mass is 16.5. The minimum absolute atomic E-state index is 0.0971. The van der Waals surface area contributed by atoms with Crippen molar-refractivity contribution in [3.8, 4) is 17.6 Å². The molecule has 6 nitrogen and oxygen atoms in total. The topological polar surface area (TPSA) is 87.2 Å². The molecule has 2 aromatic heterocycles. The predicted octanol–water partition coefficient (Wildman–Crippen LogP) is 4.08. The first-order valence-corrected chi connectivity index (χ1v) is 11.2. The third-order valence-corrected chi connectivity index (χ3v) is 5.27. The van der Waals surface area contributed by atoms with Gasteiger partial charge in [-0.2, -0.15) is 0 Å². The van der Waals surface area contributed by atoms with Crippen LogP contribution in [-0.4, -0.2) is 39.7 Å². The number of ether oxygens (including phenoxy) is 1. The summed E-state index contributed by atoms with van der Waals surface area (Å²) in [5.41, 5.74) is 3.73. The van der Waals surface area contributed by atoms with Crippen LogP contribution in [0, 0.1) is 11.8 Å². The van der Waals surface area contributed by atoms with Gasteiger partial charge in [0.1, 0.15) is 11.4 Å². The van der Waals surface area contributed by atoms with Gasteiger partial charge in [0.2, 0.25) is 0 Å². The van der Waals surface area contributed by atoms with Crippen LogP contribution in [-0.2, 0) is 6.42 Å². The van der Waals surface area contributed by atoms with Gasteiger partial charge in [0.15, 0.2) is 0 Å². The lowest BCUT2D eigenvalue weighted by molar-refractivity contribution is 0.0910. The number of carbonyl (C=O) groups is 1. The van der Waals surface area contributed by atoms with Crippen molar-refractivity contribution >= 4 is 16.9 Å². The van der Waals surface area contributed by atoms with Crippen LogP contribution in [0.2, 0.25) is 0 Å². The summed E-state index contributed by atoms with van der Waals surface area (Å²) in [5.74, 6) is 6.38. The Hall–Kier alpha value is -4.08. The van der Waals surface area contributed by atoms with E-state index in [1.807, 2.05) is 68.6 Å². The number of hydrogen-bond donors (Lipinski definition) is 3. The molecular formula is C28H27N3O3. The second-order valence-corrected chi connectivity index (χ2v) is 8.26. The zero-order chi connectivity index (χ0) is 23.9. The number of rotatable bonds is 7. The van der Waals surface area contributed by atoms with Gasteiger partial charge in [-0.15, -0.1) is 0 Å². The van der Waals surface area contributed by atoms with Crippen LogP contribution in [0.3, 0.4) is 0 Å². The molecule has 4 rings (SSSR count). The molecule has 0 radical (unpaired) electrons. The number of aliphatic hydroxyl groups is 1. The van der Waals surface area contributed by atoms with Crippen molar-refractivity contribution in [2.24, 2.45) is 0 Å². The Bertz CT molecular complexity index is 1330. The van der Waals surface area contributed by atoms with Crippen LogP contribution in [0.4, 0.5) is 0 Å². The molecule has 0 saturated carbocycles. The fraction of sp³-hybridized carbons (Fsp3) is 0.214. The lowest BCUT2D eigenvalue weighted by atomic mass is 10.0. The molecule has 6 heteroatoms. The first-order chi connectivity index (χ1) is 16.5. The molecule has 3 N–H and O–H groups in total. The van der Waals surface area contributed by atoms with E-state index in [4.69, 9.17) is 4.74 Å². The molecule has 172 valence electrons. The predicted molar refractivity (Wildman–Crippen MR) is 133 cm³/mol. The summed E-state index contributed by atoms with van der Waals surface area (Å²) in [4.78, 5) is 20.7. The van der Waals surface area contributed by atoms with Crippen molar-refractivity contribution in [1.29, 1.82) is 0 Å². The number of aliphatic hydroxyl groups excluding tert-OH is 1. The summed E-state index contributed by atoms with van der Waals surface area (Å²) in [6.45, 7) is 3.62. The zero-order valence-corrected chi connectivity index (χ0v) is 19.2. The highest BCUT2D eigenvalue weighted by molar-refractivity contribution is 5.97. The number of benzene rings is 2. The Labute approximate surface area is 199 Å². The molecule has 0 spiro atoms. The summed E-state index contributed by atoms with van der Waals surface area (Å²) >= 11 is 0. The van der Waals surface area contributed by atoms with Crippen molar-refractivity contribution in [2.75, 3.05) is 6.61 Å². The Kier molecular flexibility index (Phi) is 7.26. The smallest absolute Gasteiger partial charge is 0.255 e. The van der Waals surface area contributed by atoms with Gasteiger partial charge in [-0.1, -0.05) is 30.0 Å². The number of aromatic amines is 1. The number of fused-ring (bicyclic) bond motifs is 1. The second-order valence-electron chi connectivity index (χ2n) is 8.26. The Morgan fingerprint density at radius 1 is 1.09 bits per heavy atom. The molecule has 0 saturated heterocycles. The SMILES string of the molecule is CC(C)Oc1ccc(C#Cc2ccccc2)cc1C(=O)NC(CO)Cc1c[nH]c2ncccc12. The van der Waals surface area contributed by atoms with Crippen molar-refractivity contribution < 1.29 is 14.6 Å². The number of aromatic nitrogens is 2. The van der Waals surface area contributed by atoms with Crippen molar-refractivity contribution in [2.45, 2.75) is 32.4 Å². The van der Waals surface area contributed by atoms with Crippen molar-refractivity contribution in [3.05, 3.63) is 95.3 Å². The number of H-pyrrole nitrogens is 1. The maximum atomic E-state index is 13.3. The second kappa shape index (κ2) is 10.7. The Morgan fingerprint density at radius 3 is 2.65 bits per heavy atom. The molecular weight excluding hydrogens is 426 g/mol. The number of amides is 1. The van der Waals surface area contributed by atoms with Crippen LogP contribution in [0.1, 0.15) is 40.9 Å². The minimum atomic E-state index is -0.474. The van der Waals surface area contributed by atoms with E-state index in [1.54, 1.807) is 18.3 Å². The fourth-order valence-corrected chi connectivity index (χ4v) is 3.68. The molecule has 2 aromatic carbocycles. The maximum Gasteiger partial charge on any atom is 0.255 e. The van der Waals surface area contributed by atoms with Gasteiger partial charge in [0.05, 0.1) is 24.3 Å². The molecule has 1 atom stereocenters. The van der Waals surface area contributed by atoms with Crippen molar-refractivity contribution in [3.63, 3.8) is 0 Å². The normalized spacial score (nSPS) is 11.6. The van der Waals surface area contributed by atoms with E-state index in [2.05, 4.69) is 27.1 Å². The molecule has 0 bridgehead atoms. The van der Waals surface area contributed by atoms with E-state index in [-0.39, 0.29) is 18.6 Å². The number of nitrogens with one attached hydrogen (secondary N) is 2. The fourth-order valence-electron chi connectivity index (χ4n) is 3.68. The first-order valence-electron chi connectivity index (χ1n) is 11.2. The largest absolute Gasteiger partial charge is 0.490 e. The summed E-state index contributed by atoms with van der Waals surface area (Å²) in [5, 5.41) is 13.9. The number of hydrogen-bond acceptors (Lipinski definition) is 4. The first kappa shape index (κ1) is 23.1. The third-order valence-electron chi connectivity index (χ3n) is 5.27. The molecule has 0 fully saturated rings. The van der Waals surface area contributed by atoms with Gasteiger partial charge in [-0.3, -0.25) is 4.79 Å². The quantitative estimate of drug-likeness (QED) is 0.368. The molecule has 0 aliphatic heterocycles. The number of carbonyl (C=O) groups excluding carboxylic acids is 1. The lowest BCUT2D eigenvalue weighted by Crippen LogP contribution is -2.39. The average molecular weight is 454 g/mol. The summed E-state index contributed by atoms with van der Waals surface area (Å²) in [6.07, 6.45) is 3.94. The van der Waals surface area contributed by atoms with Gasteiger partial charge in [0.25, 0.3) is 5.91 Å². The van der Waals surface area contributed by atoms with E-state index < -0.39 is 6.04 Å². The van der Waals surface area contributed by atoms with Gasteiger partial charge in [-0.25, -0.2) is 4.98 Å². The van der Waals surface area contributed by atoms with Crippen LogP contribution in [0.15, 0.2) is 73.1 Å². The molecule has 0 aliphatic carbocycles. The molecule has 0 aliphatic rings. The van der Waals surface area contributed by atoms with Gasteiger partial charge < -0.3 is 20.1 Å². The summed E-state index contributed by atoms with van der Waals surface area (Å²) < 4.78 is 5.88. The van der Waals surface area contributed by atoms with Crippen LogP contribution in [0.5, 0.6) is 5.75 Å². The molecule has 4 aromatic rings. The van der Waals surface area contributed by atoms with E-state index >= 15 is 0 Å². The van der Waals surface area contributed by atoms with Gasteiger partial charge in [0, 0.05) is 28.9 Å². The highest BCUT2D eigenvalue weighted by Gasteiger charge is 2.19. The van der Waals surface area contributed by atoms with E-state index in [0.29, 0.717) is 23.3 Å². The average Bonchev–Trinajstić information content (AvgIpc) is 3.26. The summed E-state index contributed by atoms with van der Waals surface area (Å²) in [6, 6.07) is 18.4. The minimum Gasteiger partial charge on any atom is -0.490 e.